The van der Waals surface area contributed by atoms with Gasteiger partial charge in [-0.25, -0.2) is 9.78 Å². The molecule has 1 heterocycles. The van der Waals surface area contributed by atoms with Crippen molar-refractivity contribution in [3.8, 4) is 5.75 Å². The van der Waals surface area contributed by atoms with Gasteiger partial charge in [0, 0.05) is 16.9 Å². The Bertz CT molecular complexity index is 739. The van der Waals surface area contributed by atoms with Crippen LogP contribution in [0, 0.1) is 0 Å². The molecule has 10 heteroatoms. The summed E-state index contributed by atoms with van der Waals surface area (Å²) >= 11 is 3.28. The highest BCUT2D eigenvalue weighted by molar-refractivity contribution is 9.10. The standard InChI is InChI=1S/C15H13BrN4O5/c16-10-1-3-11(4-2-10)24-8-13(21)19-20-14(22)9-25-15(23)12-7-17-5-6-18-12/h1-7H,8-9H2,(H,19,21)(H,20,22). The fraction of sp³-hybridized carbons (Fsp3) is 0.133. The van der Waals surface area contributed by atoms with E-state index in [1.54, 1.807) is 24.3 Å². The Hall–Kier alpha value is -3.01. The third-order valence-electron chi connectivity index (χ3n) is 2.63. The number of carbonyl (C=O) groups is 3. The van der Waals surface area contributed by atoms with Crippen LogP contribution in [0.2, 0.25) is 0 Å². The van der Waals surface area contributed by atoms with Crippen LogP contribution in [0.1, 0.15) is 10.5 Å². The highest BCUT2D eigenvalue weighted by Gasteiger charge is 2.12. The number of amides is 2. The Morgan fingerprint density at radius 3 is 2.32 bits per heavy atom. The van der Waals surface area contributed by atoms with Crippen molar-refractivity contribution in [1.29, 1.82) is 0 Å². The molecule has 1 aromatic heterocycles. The predicted octanol–water partition coefficient (Wildman–Crippen LogP) is 0.622. The lowest BCUT2D eigenvalue weighted by atomic mass is 10.3. The number of carbonyl (C=O) groups excluding carboxylic acids is 3. The van der Waals surface area contributed by atoms with Crippen LogP contribution in [0.25, 0.3) is 0 Å². The van der Waals surface area contributed by atoms with Crippen LogP contribution in [0.5, 0.6) is 5.75 Å². The van der Waals surface area contributed by atoms with Gasteiger partial charge < -0.3 is 9.47 Å². The number of nitrogens with one attached hydrogen (secondary N) is 2. The number of nitrogens with zero attached hydrogens (tertiary/aromatic N) is 2. The van der Waals surface area contributed by atoms with Gasteiger partial charge in [-0.1, -0.05) is 15.9 Å². The van der Waals surface area contributed by atoms with Crippen molar-refractivity contribution in [2.24, 2.45) is 0 Å². The van der Waals surface area contributed by atoms with Crippen molar-refractivity contribution < 1.29 is 23.9 Å². The van der Waals surface area contributed by atoms with Gasteiger partial charge in [0.25, 0.3) is 11.8 Å². The molecule has 0 aliphatic carbocycles. The minimum absolute atomic E-state index is 0.0257. The summed E-state index contributed by atoms with van der Waals surface area (Å²) in [7, 11) is 0. The lowest BCUT2D eigenvalue weighted by Gasteiger charge is -2.09. The Labute approximate surface area is 150 Å². The van der Waals surface area contributed by atoms with E-state index in [4.69, 9.17) is 9.47 Å². The molecule has 2 rings (SSSR count). The van der Waals surface area contributed by atoms with Gasteiger partial charge in [0.2, 0.25) is 0 Å². The van der Waals surface area contributed by atoms with E-state index in [0.717, 1.165) is 4.47 Å². The van der Waals surface area contributed by atoms with Crippen LogP contribution < -0.4 is 15.6 Å². The number of aromatic nitrogens is 2. The van der Waals surface area contributed by atoms with Gasteiger partial charge in [-0.2, -0.15) is 0 Å². The number of benzene rings is 1. The molecule has 0 saturated heterocycles. The largest absolute Gasteiger partial charge is 0.484 e. The van der Waals surface area contributed by atoms with E-state index < -0.39 is 24.4 Å². The first-order chi connectivity index (χ1) is 12.0. The molecule has 2 N–H and O–H groups in total. The average molecular weight is 409 g/mol. The fourth-order valence-corrected chi connectivity index (χ4v) is 1.77. The van der Waals surface area contributed by atoms with Crippen molar-refractivity contribution in [1.82, 2.24) is 20.8 Å². The van der Waals surface area contributed by atoms with Crippen LogP contribution in [0.15, 0.2) is 47.3 Å². The van der Waals surface area contributed by atoms with Gasteiger partial charge in [0.1, 0.15) is 5.75 Å². The number of halogens is 1. The Morgan fingerprint density at radius 1 is 1.00 bits per heavy atom. The summed E-state index contributed by atoms with van der Waals surface area (Å²) in [5.74, 6) is -1.58. The Balaban J connectivity index is 1.64. The molecule has 0 saturated carbocycles. The Morgan fingerprint density at radius 2 is 1.68 bits per heavy atom. The van der Waals surface area contributed by atoms with E-state index in [9.17, 15) is 14.4 Å². The van der Waals surface area contributed by atoms with Gasteiger partial charge in [-0.15, -0.1) is 0 Å². The van der Waals surface area contributed by atoms with E-state index in [2.05, 4.69) is 36.7 Å². The number of hydrogen-bond acceptors (Lipinski definition) is 7. The van der Waals surface area contributed by atoms with Crippen LogP contribution in [0.3, 0.4) is 0 Å². The lowest BCUT2D eigenvalue weighted by molar-refractivity contribution is -0.131. The predicted molar refractivity (Wildman–Crippen MR) is 88.2 cm³/mol. The first-order valence-corrected chi connectivity index (χ1v) is 7.73. The van der Waals surface area contributed by atoms with Crippen molar-refractivity contribution in [3.05, 3.63) is 53.0 Å². The molecule has 0 bridgehead atoms. The van der Waals surface area contributed by atoms with E-state index >= 15 is 0 Å². The topological polar surface area (TPSA) is 120 Å². The molecule has 0 unspecified atom stereocenters. The van der Waals surface area contributed by atoms with E-state index in [1.807, 2.05) is 0 Å². The lowest BCUT2D eigenvalue weighted by Crippen LogP contribution is -2.45. The van der Waals surface area contributed by atoms with Crippen LogP contribution in [0.4, 0.5) is 0 Å². The smallest absolute Gasteiger partial charge is 0.359 e. The number of esters is 1. The molecule has 9 nitrogen and oxygen atoms in total. The number of hydrogen-bond donors (Lipinski definition) is 2. The molecule has 0 fully saturated rings. The first kappa shape index (κ1) is 18.3. The second kappa shape index (κ2) is 9.33. The van der Waals surface area contributed by atoms with Gasteiger partial charge in [0.15, 0.2) is 18.9 Å². The maximum atomic E-state index is 11.6. The van der Waals surface area contributed by atoms with E-state index in [1.165, 1.54) is 18.6 Å². The molecule has 2 aromatic rings. The summed E-state index contributed by atoms with van der Waals surface area (Å²) in [5, 5.41) is 0. The van der Waals surface area contributed by atoms with E-state index in [-0.39, 0.29) is 12.3 Å². The number of rotatable bonds is 6. The zero-order valence-corrected chi connectivity index (χ0v) is 14.4. The minimum Gasteiger partial charge on any atom is -0.484 e. The van der Waals surface area contributed by atoms with Crippen molar-refractivity contribution in [2.45, 2.75) is 0 Å². The summed E-state index contributed by atoms with van der Waals surface area (Å²) in [6, 6.07) is 6.89. The molecule has 0 atom stereocenters. The SMILES string of the molecule is O=C(COC(=O)c1cnccn1)NNC(=O)COc1ccc(Br)cc1. The zero-order chi connectivity index (χ0) is 18.1. The molecule has 1 aromatic carbocycles. The van der Waals surface area contributed by atoms with Crippen LogP contribution in [-0.4, -0.2) is 41.0 Å². The second-order valence-corrected chi connectivity index (χ2v) is 5.42. The third kappa shape index (κ3) is 6.55. The summed E-state index contributed by atoms with van der Waals surface area (Å²) in [6.07, 6.45) is 3.93. The van der Waals surface area contributed by atoms with Gasteiger partial charge >= 0.3 is 5.97 Å². The molecular formula is C15H13BrN4O5. The molecule has 0 spiro atoms. The van der Waals surface area contributed by atoms with Crippen molar-refractivity contribution in [3.63, 3.8) is 0 Å². The fourth-order valence-electron chi connectivity index (χ4n) is 1.50. The maximum absolute atomic E-state index is 11.6. The molecular weight excluding hydrogens is 396 g/mol. The first-order valence-electron chi connectivity index (χ1n) is 6.94. The van der Waals surface area contributed by atoms with Crippen LogP contribution in [-0.2, 0) is 14.3 Å². The van der Waals surface area contributed by atoms with Gasteiger partial charge in [0.05, 0.1) is 6.20 Å². The quantitative estimate of drug-likeness (QED) is 0.530. The highest BCUT2D eigenvalue weighted by atomic mass is 79.9. The van der Waals surface area contributed by atoms with Gasteiger partial charge in [-0.3, -0.25) is 25.4 Å². The van der Waals surface area contributed by atoms with E-state index in [0.29, 0.717) is 5.75 Å². The highest BCUT2D eigenvalue weighted by Crippen LogP contribution is 2.15. The van der Waals surface area contributed by atoms with Gasteiger partial charge in [-0.05, 0) is 24.3 Å². The minimum atomic E-state index is -0.798. The normalized spacial score (nSPS) is 9.80. The molecule has 0 aliphatic rings. The number of hydrazine groups is 1. The molecule has 25 heavy (non-hydrogen) atoms. The summed E-state index contributed by atoms with van der Waals surface area (Å²) in [5.41, 5.74) is 4.21. The molecule has 2 amide bonds. The van der Waals surface area contributed by atoms with Crippen molar-refractivity contribution in [2.75, 3.05) is 13.2 Å². The molecule has 130 valence electrons. The van der Waals surface area contributed by atoms with Crippen LogP contribution >= 0.6 is 15.9 Å². The Kier molecular flexibility index (Phi) is 6.84. The summed E-state index contributed by atoms with van der Waals surface area (Å²) < 4.78 is 10.8. The average Bonchev–Trinajstić information content (AvgIpc) is 2.64. The van der Waals surface area contributed by atoms with Crippen molar-refractivity contribution >= 4 is 33.7 Å². The monoisotopic (exact) mass is 408 g/mol. The number of ether oxygens (including phenoxy) is 2. The summed E-state index contributed by atoms with van der Waals surface area (Å²) in [4.78, 5) is 42.1. The second-order valence-electron chi connectivity index (χ2n) is 4.51. The maximum Gasteiger partial charge on any atom is 0.359 e. The third-order valence-corrected chi connectivity index (χ3v) is 3.16. The zero-order valence-electron chi connectivity index (χ0n) is 12.8. The molecule has 0 aliphatic heterocycles. The summed E-state index contributed by atoms with van der Waals surface area (Å²) in [6.45, 7) is -0.870. The molecule has 0 radical (unpaired) electrons.